The number of nitrogens with zero attached hydrogens (tertiary/aromatic N) is 2. The standard InChI is InChI=1S/C23H34N2O2S3/c1-3-5-11-28-16-20(29-12-6-4-2)15-27-22(26)17-30-23-19(14-24)13-18-9-7-8-10-21(18)25-23/h13,20H,3-12,15-17H2,1-2H3. The first-order valence-electron chi connectivity index (χ1n) is 11.1. The lowest BCUT2D eigenvalue weighted by molar-refractivity contribution is -0.140. The predicted molar refractivity (Wildman–Crippen MR) is 131 cm³/mol. The van der Waals surface area contributed by atoms with Gasteiger partial charge in [0.2, 0.25) is 0 Å². The van der Waals surface area contributed by atoms with Crippen LogP contribution in [0, 0.1) is 11.3 Å². The van der Waals surface area contributed by atoms with Crippen LogP contribution in [0.4, 0.5) is 0 Å². The van der Waals surface area contributed by atoms with E-state index in [0.717, 1.165) is 42.9 Å². The molecule has 1 aromatic rings. The number of nitriles is 1. The third-order valence-corrected chi connectivity index (χ3v) is 8.63. The highest BCUT2D eigenvalue weighted by molar-refractivity contribution is 8.03. The Morgan fingerprint density at radius 3 is 2.77 bits per heavy atom. The van der Waals surface area contributed by atoms with Gasteiger partial charge in [-0.3, -0.25) is 4.79 Å². The van der Waals surface area contributed by atoms with Crippen molar-refractivity contribution in [1.29, 1.82) is 5.26 Å². The number of carbonyl (C=O) groups excluding carboxylic acids is 1. The fraction of sp³-hybridized carbons (Fsp3) is 0.696. The number of esters is 1. The van der Waals surface area contributed by atoms with Crippen LogP contribution in [-0.4, -0.2) is 45.8 Å². The third kappa shape index (κ3) is 9.11. The number of fused-ring (bicyclic) bond motifs is 1. The highest BCUT2D eigenvalue weighted by Crippen LogP contribution is 2.27. The molecule has 1 unspecified atom stereocenters. The molecule has 1 aromatic heterocycles. The number of aryl methyl sites for hydroxylation is 2. The number of carbonyl (C=O) groups is 1. The van der Waals surface area contributed by atoms with Gasteiger partial charge in [0.15, 0.2) is 0 Å². The average molecular weight is 467 g/mol. The van der Waals surface area contributed by atoms with Crippen molar-refractivity contribution >= 4 is 41.3 Å². The number of hydrogen-bond acceptors (Lipinski definition) is 7. The number of unbranched alkanes of at least 4 members (excludes halogenated alkanes) is 2. The van der Waals surface area contributed by atoms with E-state index in [1.54, 1.807) is 0 Å². The van der Waals surface area contributed by atoms with Gasteiger partial charge in [-0.25, -0.2) is 4.98 Å². The Balaban J connectivity index is 1.82. The Morgan fingerprint density at radius 1 is 1.23 bits per heavy atom. The summed E-state index contributed by atoms with van der Waals surface area (Å²) in [6.07, 6.45) is 9.11. The number of hydrogen-bond donors (Lipinski definition) is 0. The molecule has 1 atom stereocenters. The van der Waals surface area contributed by atoms with Crippen molar-refractivity contribution in [3.05, 3.63) is 22.9 Å². The molecular weight excluding hydrogens is 432 g/mol. The molecule has 0 amide bonds. The van der Waals surface area contributed by atoms with Gasteiger partial charge in [0.05, 0.1) is 11.3 Å². The van der Waals surface area contributed by atoms with Gasteiger partial charge in [-0.15, -0.1) is 0 Å². The summed E-state index contributed by atoms with van der Waals surface area (Å²) < 4.78 is 5.60. The second-order valence-electron chi connectivity index (χ2n) is 7.51. The largest absolute Gasteiger partial charge is 0.464 e. The minimum atomic E-state index is -0.219. The molecule has 0 N–H and O–H groups in total. The van der Waals surface area contributed by atoms with Gasteiger partial charge in [0.1, 0.15) is 17.7 Å². The monoisotopic (exact) mass is 466 g/mol. The van der Waals surface area contributed by atoms with Gasteiger partial charge in [-0.2, -0.15) is 28.8 Å². The molecule has 166 valence electrons. The molecule has 1 aliphatic rings. The van der Waals surface area contributed by atoms with Gasteiger partial charge >= 0.3 is 5.97 Å². The summed E-state index contributed by atoms with van der Waals surface area (Å²) in [5.74, 6) is 3.30. The molecule has 0 radical (unpaired) electrons. The zero-order valence-electron chi connectivity index (χ0n) is 18.3. The highest BCUT2D eigenvalue weighted by Gasteiger charge is 2.18. The lowest BCUT2D eigenvalue weighted by Crippen LogP contribution is -2.20. The van der Waals surface area contributed by atoms with Crippen LogP contribution >= 0.6 is 35.3 Å². The molecule has 7 heteroatoms. The van der Waals surface area contributed by atoms with Crippen molar-refractivity contribution < 1.29 is 9.53 Å². The van der Waals surface area contributed by atoms with E-state index in [4.69, 9.17) is 4.74 Å². The Morgan fingerprint density at radius 2 is 2.00 bits per heavy atom. The number of pyridine rings is 1. The lowest BCUT2D eigenvalue weighted by atomic mass is 9.95. The van der Waals surface area contributed by atoms with E-state index in [-0.39, 0.29) is 11.7 Å². The molecule has 0 saturated carbocycles. The quantitative estimate of drug-likeness (QED) is 0.192. The molecule has 0 bridgehead atoms. The van der Waals surface area contributed by atoms with Crippen molar-refractivity contribution in [2.45, 2.75) is 75.5 Å². The molecule has 0 saturated heterocycles. The highest BCUT2D eigenvalue weighted by atomic mass is 32.2. The van der Waals surface area contributed by atoms with Crippen LogP contribution in [-0.2, 0) is 22.4 Å². The van der Waals surface area contributed by atoms with Crippen LogP contribution < -0.4 is 0 Å². The first-order valence-corrected chi connectivity index (χ1v) is 14.3. The maximum absolute atomic E-state index is 12.3. The molecule has 1 aliphatic carbocycles. The van der Waals surface area contributed by atoms with E-state index in [1.807, 2.05) is 29.6 Å². The maximum Gasteiger partial charge on any atom is 0.316 e. The molecule has 0 spiro atoms. The molecule has 0 aliphatic heterocycles. The summed E-state index contributed by atoms with van der Waals surface area (Å²) in [6, 6.07) is 4.20. The summed E-state index contributed by atoms with van der Waals surface area (Å²) in [7, 11) is 0. The second-order valence-corrected chi connectivity index (χ2v) is 11.0. The van der Waals surface area contributed by atoms with Gasteiger partial charge < -0.3 is 4.74 Å². The molecule has 0 fully saturated rings. The predicted octanol–water partition coefficient (Wildman–Crippen LogP) is 5.90. The van der Waals surface area contributed by atoms with Crippen molar-refractivity contribution in [2.24, 2.45) is 0 Å². The first-order chi connectivity index (χ1) is 14.7. The second kappa shape index (κ2) is 15.0. The van der Waals surface area contributed by atoms with Crippen LogP contribution in [0.15, 0.2) is 11.1 Å². The van der Waals surface area contributed by atoms with Crippen LogP contribution in [0.1, 0.15) is 69.2 Å². The minimum absolute atomic E-state index is 0.204. The lowest BCUT2D eigenvalue weighted by Gasteiger charge is -2.17. The Labute approximate surface area is 194 Å². The first kappa shape index (κ1) is 25.4. The Bertz CT molecular complexity index is 706. The summed E-state index contributed by atoms with van der Waals surface area (Å²) in [5.41, 5.74) is 2.86. The number of rotatable bonds is 14. The summed E-state index contributed by atoms with van der Waals surface area (Å²) in [5, 5.41) is 10.5. The SMILES string of the molecule is CCCCSCC(COC(=O)CSc1nc2c(cc1C#N)CCCC2)SCCCC. The summed E-state index contributed by atoms with van der Waals surface area (Å²) in [6.45, 7) is 4.88. The number of ether oxygens (including phenoxy) is 1. The maximum atomic E-state index is 12.3. The van der Waals surface area contributed by atoms with Crippen LogP contribution in [0.5, 0.6) is 0 Å². The topological polar surface area (TPSA) is 63.0 Å². The Hall–Kier alpha value is -0.840. The van der Waals surface area contributed by atoms with Crippen molar-refractivity contribution in [3.8, 4) is 6.07 Å². The van der Waals surface area contributed by atoms with Crippen LogP contribution in [0.25, 0.3) is 0 Å². The molecular formula is C23H34N2O2S3. The van der Waals surface area contributed by atoms with Gasteiger partial charge in [0.25, 0.3) is 0 Å². The van der Waals surface area contributed by atoms with E-state index in [1.165, 1.54) is 48.8 Å². The molecule has 0 aromatic carbocycles. The van der Waals surface area contributed by atoms with E-state index < -0.39 is 0 Å². The third-order valence-electron chi connectivity index (χ3n) is 4.94. The number of aromatic nitrogens is 1. The van der Waals surface area contributed by atoms with Crippen molar-refractivity contribution in [1.82, 2.24) is 4.98 Å². The van der Waals surface area contributed by atoms with Gasteiger partial charge in [-0.1, -0.05) is 38.5 Å². The molecule has 4 nitrogen and oxygen atoms in total. The van der Waals surface area contributed by atoms with Gasteiger partial charge in [-0.05, 0) is 61.7 Å². The summed E-state index contributed by atoms with van der Waals surface area (Å²) in [4.78, 5) is 17.0. The van der Waals surface area contributed by atoms with Crippen LogP contribution in [0.2, 0.25) is 0 Å². The van der Waals surface area contributed by atoms with Crippen molar-refractivity contribution in [3.63, 3.8) is 0 Å². The van der Waals surface area contributed by atoms with Gasteiger partial charge in [0, 0.05) is 16.7 Å². The van der Waals surface area contributed by atoms with Crippen LogP contribution in [0.3, 0.4) is 0 Å². The van der Waals surface area contributed by atoms with E-state index in [9.17, 15) is 10.1 Å². The molecule has 2 rings (SSSR count). The fourth-order valence-corrected chi connectivity index (χ4v) is 6.58. The summed E-state index contributed by atoms with van der Waals surface area (Å²) >= 11 is 5.21. The van der Waals surface area contributed by atoms with E-state index >= 15 is 0 Å². The minimum Gasteiger partial charge on any atom is -0.464 e. The van der Waals surface area contributed by atoms with E-state index in [0.29, 0.717) is 22.4 Å². The zero-order chi connectivity index (χ0) is 21.6. The smallest absolute Gasteiger partial charge is 0.316 e. The number of thioether (sulfide) groups is 3. The van der Waals surface area contributed by atoms with E-state index in [2.05, 4.69) is 24.9 Å². The normalized spacial score (nSPS) is 14.0. The zero-order valence-corrected chi connectivity index (χ0v) is 20.7. The average Bonchev–Trinajstić information content (AvgIpc) is 2.77. The Kier molecular flexibility index (Phi) is 12.7. The molecule has 1 heterocycles. The van der Waals surface area contributed by atoms with Crippen molar-refractivity contribution in [2.75, 3.05) is 29.6 Å². The molecule has 30 heavy (non-hydrogen) atoms. The fourth-order valence-electron chi connectivity index (χ4n) is 3.16.